The lowest BCUT2D eigenvalue weighted by Gasteiger charge is -1.90. The fourth-order valence-corrected chi connectivity index (χ4v) is 1.39. The van der Waals surface area contributed by atoms with E-state index in [0.717, 1.165) is 6.42 Å². The van der Waals surface area contributed by atoms with Gasteiger partial charge in [-0.1, -0.05) is 38.2 Å². The van der Waals surface area contributed by atoms with Crippen molar-refractivity contribution in [3.8, 4) is 0 Å². The van der Waals surface area contributed by atoms with Crippen LogP contribution in [0.1, 0.15) is 34.1 Å². The van der Waals surface area contributed by atoms with Crippen molar-refractivity contribution in [1.29, 1.82) is 0 Å². The number of hydrogen-bond donors (Lipinski definition) is 0. The maximum absolute atomic E-state index is 3.88. The molecule has 0 aliphatic rings. The van der Waals surface area contributed by atoms with Crippen molar-refractivity contribution < 1.29 is 0 Å². The lowest BCUT2D eigenvalue weighted by molar-refractivity contribution is 0.887. The topological polar surface area (TPSA) is 4.93 Å². The van der Waals surface area contributed by atoms with E-state index in [1.807, 2.05) is 13.8 Å². The molecule has 0 amide bonds. The third kappa shape index (κ3) is 4.20. The third-order valence-electron chi connectivity index (χ3n) is 2.10. The Labute approximate surface area is 93.4 Å². The highest BCUT2D eigenvalue weighted by atomic mass is 14.9. The SMILES string of the molecule is C=C(C)C/C=c1/ccn(C)/c1=C/C.CC. The lowest BCUT2D eigenvalue weighted by Crippen LogP contribution is -2.26. The molecule has 1 rings (SSSR count). The molecule has 1 heterocycles. The monoisotopic (exact) mass is 205 g/mol. The summed E-state index contributed by atoms with van der Waals surface area (Å²) >= 11 is 0. The quantitative estimate of drug-likeness (QED) is 0.654. The molecule has 0 bridgehead atoms. The zero-order valence-electron chi connectivity index (χ0n) is 10.7. The van der Waals surface area contributed by atoms with Crippen molar-refractivity contribution in [3.05, 3.63) is 35.0 Å². The Morgan fingerprint density at radius 3 is 2.53 bits per heavy atom. The summed E-state index contributed by atoms with van der Waals surface area (Å²) in [6.07, 6.45) is 7.40. The summed E-state index contributed by atoms with van der Waals surface area (Å²) in [5.74, 6) is 0. The molecule has 0 saturated carbocycles. The van der Waals surface area contributed by atoms with Crippen LogP contribution in [0.15, 0.2) is 24.4 Å². The molecule has 1 heteroatoms. The zero-order valence-corrected chi connectivity index (χ0v) is 10.7. The van der Waals surface area contributed by atoms with E-state index in [-0.39, 0.29) is 0 Å². The van der Waals surface area contributed by atoms with E-state index >= 15 is 0 Å². The van der Waals surface area contributed by atoms with Gasteiger partial charge in [-0.3, -0.25) is 0 Å². The van der Waals surface area contributed by atoms with Gasteiger partial charge in [-0.2, -0.15) is 0 Å². The summed E-state index contributed by atoms with van der Waals surface area (Å²) in [4.78, 5) is 0. The van der Waals surface area contributed by atoms with Crippen molar-refractivity contribution in [2.45, 2.75) is 34.1 Å². The van der Waals surface area contributed by atoms with E-state index in [0.29, 0.717) is 0 Å². The molecule has 0 fully saturated rings. The van der Waals surface area contributed by atoms with Gasteiger partial charge in [-0.15, -0.1) is 0 Å². The Morgan fingerprint density at radius 1 is 1.47 bits per heavy atom. The van der Waals surface area contributed by atoms with Gasteiger partial charge in [-0.25, -0.2) is 0 Å². The normalized spacial score (nSPS) is 12.3. The Bertz CT molecular complexity index is 407. The summed E-state index contributed by atoms with van der Waals surface area (Å²) in [6, 6.07) is 2.14. The lowest BCUT2D eigenvalue weighted by atomic mass is 10.2. The molecular weight excluding hydrogens is 182 g/mol. The number of aromatic nitrogens is 1. The summed E-state index contributed by atoms with van der Waals surface area (Å²) in [6.45, 7) is 12.0. The van der Waals surface area contributed by atoms with Crippen molar-refractivity contribution >= 4 is 12.2 Å². The van der Waals surface area contributed by atoms with Crippen LogP contribution in [0.25, 0.3) is 12.2 Å². The highest BCUT2D eigenvalue weighted by Crippen LogP contribution is 1.94. The molecule has 0 spiro atoms. The first-order chi connectivity index (χ1) is 7.15. The van der Waals surface area contributed by atoms with E-state index in [9.17, 15) is 0 Å². The maximum atomic E-state index is 3.88. The van der Waals surface area contributed by atoms with E-state index in [2.05, 4.69) is 56.5 Å². The van der Waals surface area contributed by atoms with Crippen LogP contribution in [0.5, 0.6) is 0 Å². The smallest absolute Gasteiger partial charge is 0.0431 e. The van der Waals surface area contributed by atoms with Crippen molar-refractivity contribution in [1.82, 2.24) is 4.57 Å². The minimum Gasteiger partial charge on any atom is -0.351 e. The van der Waals surface area contributed by atoms with Crippen LogP contribution in [0.3, 0.4) is 0 Å². The number of rotatable bonds is 2. The number of nitrogens with zero attached hydrogens (tertiary/aromatic N) is 1. The second-order valence-electron chi connectivity index (χ2n) is 3.42. The molecule has 0 atom stereocenters. The molecule has 0 radical (unpaired) electrons. The molecule has 0 aliphatic heterocycles. The largest absolute Gasteiger partial charge is 0.351 e. The van der Waals surface area contributed by atoms with Gasteiger partial charge in [-0.05, 0) is 31.6 Å². The fourth-order valence-electron chi connectivity index (χ4n) is 1.39. The van der Waals surface area contributed by atoms with Gasteiger partial charge < -0.3 is 4.57 Å². The minimum atomic E-state index is 0.963. The third-order valence-corrected chi connectivity index (χ3v) is 2.10. The van der Waals surface area contributed by atoms with Crippen molar-refractivity contribution in [2.75, 3.05) is 0 Å². The summed E-state index contributed by atoms with van der Waals surface area (Å²) < 4.78 is 2.13. The van der Waals surface area contributed by atoms with Crippen LogP contribution in [0.2, 0.25) is 0 Å². The van der Waals surface area contributed by atoms with E-state index < -0.39 is 0 Å². The van der Waals surface area contributed by atoms with Gasteiger partial charge in [0.25, 0.3) is 0 Å². The fraction of sp³-hybridized carbons (Fsp3) is 0.429. The van der Waals surface area contributed by atoms with Gasteiger partial charge in [0.2, 0.25) is 0 Å². The van der Waals surface area contributed by atoms with Crippen LogP contribution < -0.4 is 10.6 Å². The average molecular weight is 205 g/mol. The molecule has 0 aliphatic carbocycles. The molecule has 1 aromatic heterocycles. The molecule has 0 unspecified atom stereocenters. The number of hydrogen-bond acceptors (Lipinski definition) is 0. The first-order valence-corrected chi connectivity index (χ1v) is 5.57. The number of allylic oxidation sites excluding steroid dienone is 1. The van der Waals surface area contributed by atoms with E-state index in [1.165, 1.54) is 16.1 Å². The second kappa shape index (κ2) is 7.10. The molecule has 1 nitrogen and oxygen atoms in total. The molecule has 0 aromatic carbocycles. The first kappa shape index (κ1) is 13.8. The van der Waals surface area contributed by atoms with Gasteiger partial charge in [0.15, 0.2) is 0 Å². The highest BCUT2D eigenvalue weighted by molar-refractivity contribution is 5.31. The average Bonchev–Trinajstić information content (AvgIpc) is 2.59. The van der Waals surface area contributed by atoms with Crippen LogP contribution in [0, 0.1) is 0 Å². The summed E-state index contributed by atoms with van der Waals surface area (Å²) in [5.41, 5.74) is 1.20. The second-order valence-corrected chi connectivity index (χ2v) is 3.42. The van der Waals surface area contributed by atoms with E-state index in [1.54, 1.807) is 0 Å². The molecule has 15 heavy (non-hydrogen) atoms. The van der Waals surface area contributed by atoms with E-state index in [4.69, 9.17) is 0 Å². The molecule has 0 saturated heterocycles. The maximum Gasteiger partial charge on any atom is 0.0431 e. The molecule has 0 N–H and O–H groups in total. The standard InChI is InChI=1S/C12H17N.C2H6/c1-5-12-11(7-6-10(2)3)8-9-13(12)4;1-2/h5,7-9H,2,6H2,1,3-4H3;1-2H3/b11-7-,12-5+;. The molecule has 1 aromatic rings. The predicted molar refractivity (Wildman–Crippen MR) is 70.0 cm³/mol. The van der Waals surface area contributed by atoms with Gasteiger partial charge in [0, 0.05) is 18.6 Å². The Hall–Kier alpha value is -1.24. The highest BCUT2D eigenvalue weighted by Gasteiger charge is 1.89. The van der Waals surface area contributed by atoms with Crippen LogP contribution in [0.4, 0.5) is 0 Å². The Kier molecular flexibility index (Phi) is 6.52. The zero-order chi connectivity index (χ0) is 11.8. The van der Waals surface area contributed by atoms with Crippen LogP contribution in [-0.4, -0.2) is 4.57 Å². The summed E-state index contributed by atoms with van der Waals surface area (Å²) in [7, 11) is 2.06. The van der Waals surface area contributed by atoms with Crippen molar-refractivity contribution in [2.24, 2.45) is 7.05 Å². The van der Waals surface area contributed by atoms with Gasteiger partial charge in [0.1, 0.15) is 0 Å². The van der Waals surface area contributed by atoms with Gasteiger partial charge >= 0.3 is 0 Å². The number of aryl methyl sites for hydroxylation is 1. The molecule has 84 valence electrons. The van der Waals surface area contributed by atoms with Crippen LogP contribution in [-0.2, 0) is 7.05 Å². The van der Waals surface area contributed by atoms with Gasteiger partial charge in [0.05, 0.1) is 0 Å². The Morgan fingerprint density at radius 2 is 2.07 bits per heavy atom. The minimum absolute atomic E-state index is 0.963. The Balaban J connectivity index is 0.000000921. The van der Waals surface area contributed by atoms with Crippen LogP contribution >= 0.6 is 0 Å². The predicted octanol–water partition coefficient (Wildman–Crippen LogP) is 2.60. The first-order valence-electron chi connectivity index (χ1n) is 5.57. The molecular formula is C14H23N. The summed E-state index contributed by atoms with van der Waals surface area (Å²) in [5, 5.41) is 2.58. The van der Waals surface area contributed by atoms with Crippen molar-refractivity contribution in [3.63, 3.8) is 0 Å².